The van der Waals surface area contributed by atoms with Crippen LogP contribution in [0.25, 0.3) is 0 Å². The molecule has 7 atom stereocenters. The molecule has 0 bridgehead atoms. The molecule has 6 rings (SSSR count). The zero-order valence-electron chi connectivity index (χ0n) is 17.1. The minimum absolute atomic E-state index is 0.0481. The lowest BCUT2D eigenvalue weighted by atomic mass is 9.48. The fourth-order valence-electron chi connectivity index (χ4n) is 8.87. The van der Waals surface area contributed by atoms with Crippen molar-refractivity contribution in [3.05, 3.63) is 29.3 Å². The SMILES string of the molecule is CC[C@]12CC[C@@]34O[C@@]3(CCc3cc(OC)ccc34)[C@@]13C[C@H]3C[C@H]2C(C)C(=O)O. The number of aliphatic carboxylic acids is 1. The largest absolute Gasteiger partial charge is 0.497 e. The molecule has 1 unspecified atom stereocenters. The smallest absolute Gasteiger partial charge is 0.306 e. The highest BCUT2D eigenvalue weighted by Crippen LogP contribution is 2.92. The third-order valence-corrected chi connectivity index (χ3v) is 9.96. The zero-order chi connectivity index (χ0) is 19.5. The zero-order valence-corrected chi connectivity index (χ0v) is 17.1. The number of methoxy groups -OCH3 is 1. The second-order valence-corrected chi connectivity index (χ2v) is 10.1. The Bertz CT molecular complexity index is 895. The maximum Gasteiger partial charge on any atom is 0.306 e. The molecule has 4 fully saturated rings. The molecule has 5 aliphatic rings. The van der Waals surface area contributed by atoms with Crippen LogP contribution in [0.1, 0.15) is 63.5 Å². The van der Waals surface area contributed by atoms with Gasteiger partial charge in [-0.05, 0) is 85.5 Å². The predicted octanol–water partition coefficient (Wildman–Crippen LogP) is 4.54. The lowest BCUT2D eigenvalue weighted by Crippen LogP contribution is -2.54. The molecule has 0 amide bonds. The topological polar surface area (TPSA) is 59.1 Å². The Morgan fingerprint density at radius 3 is 2.89 bits per heavy atom. The highest BCUT2D eigenvalue weighted by atomic mass is 16.6. The van der Waals surface area contributed by atoms with Gasteiger partial charge in [0.05, 0.1) is 13.0 Å². The van der Waals surface area contributed by atoms with Crippen LogP contribution in [0.15, 0.2) is 18.2 Å². The van der Waals surface area contributed by atoms with Crippen LogP contribution in [-0.2, 0) is 21.6 Å². The molecule has 1 aliphatic heterocycles. The Labute approximate surface area is 166 Å². The standard InChI is InChI=1S/C24H30O4/c1-4-21-9-10-23-18-6-5-17(27-3)11-15(18)7-8-24(23,28-23)22(21)13-16(22)12-19(21)14(2)20(25)26/h5-6,11,14,16,19H,4,7-10,12-13H2,1-3H3,(H,25,26)/t14?,16-,19+,21-,22-,23+,24+/m1/s1. The van der Waals surface area contributed by atoms with Gasteiger partial charge in [0.15, 0.2) is 0 Å². The Morgan fingerprint density at radius 1 is 1.36 bits per heavy atom. The Hall–Kier alpha value is -1.55. The minimum Gasteiger partial charge on any atom is -0.497 e. The molecule has 1 aromatic rings. The normalized spacial score (nSPS) is 47.7. The number of benzene rings is 1. The van der Waals surface area contributed by atoms with Gasteiger partial charge in [-0.2, -0.15) is 0 Å². The van der Waals surface area contributed by atoms with Gasteiger partial charge in [0, 0.05) is 5.41 Å². The molecule has 0 radical (unpaired) electrons. The van der Waals surface area contributed by atoms with Crippen molar-refractivity contribution in [2.75, 3.05) is 7.11 Å². The van der Waals surface area contributed by atoms with Crippen molar-refractivity contribution in [1.29, 1.82) is 0 Å². The summed E-state index contributed by atoms with van der Waals surface area (Å²) in [7, 11) is 1.73. The first-order chi connectivity index (χ1) is 13.4. The summed E-state index contributed by atoms with van der Waals surface area (Å²) in [6, 6.07) is 6.52. The molecule has 1 heterocycles. The van der Waals surface area contributed by atoms with Crippen LogP contribution in [0.5, 0.6) is 5.75 Å². The number of hydrogen-bond acceptors (Lipinski definition) is 3. The van der Waals surface area contributed by atoms with Gasteiger partial charge in [0.2, 0.25) is 0 Å². The summed E-state index contributed by atoms with van der Waals surface area (Å²) in [5.41, 5.74) is 2.95. The molecular formula is C24H30O4. The van der Waals surface area contributed by atoms with Crippen LogP contribution in [0.3, 0.4) is 0 Å². The van der Waals surface area contributed by atoms with E-state index in [1.807, 2.05) is 6.92 Å². The monoisotopic (exact) mass is 382 g/mol. The van der Waals surface area contributed by atoms with E-state index in [0.29, 0.717) is 11.8 Å². The summed E-state index contributed by atoms with van der Waals surface area (Å²) in [6.07, 6.45) is 7.69. The molecule has 4 nitrogen and oxygen atoms in total. The van der Waals surface area contributed by atoms with E-state index in [1.54, 1.807) is 7.11 Å². The average Bonchev–Trinajstić information content (AvgIpc) is 3.59. The lowest BCUT2D eigenvalue weighted by Gasteiger charge is -2.52. The molecule has 1 N–H and O–H groups in total. The van der Waals surface area contributed by atoms with Gasteiger partial charge in [-0.3, -0.25) is 4.79 Å². The van der Waals surface area contributed by atoms with Crippen LogP contribution in [0.2, 0.25) is 0 Å². The van der Waals surface area contributed by atoms with Gasteiger partial charge in [-0.25, -0.2) is 0 Å². The van der Waals surface area contributed by atoms with Gasteiger partial charge in [-0.15, -0.1) is 0 Å². The first kappa shape index (κ1) is 17.3. The van der Waals surface area contributed by atoms with Gasteiger partial charge < -0.3 is 14.6 Å². The van der Waals surface area contributed by atoms with E-state index >= 15 is 0 Å². The number of carboxylic acids is 1. The van der Waals surface area contributed by atoms with Crippen LogP contribution in [-0.4, -0.2) is 23.8 Å². The number of carboxylic acid groups (broad SMARTS) is 1. The molecule has 1 aromatic carbocycles. The summed E-state index contributed by atoms with van der Waals surface area (Å²) in [5.74, 6) is 0.998. The number of epoxide rings is 1. The summed E-state index contributed by atoms with van der Waals surface area (Å²) in [4.78, 5) is 11.9. The highest BCUT2D eigenvalue weighted by Gasteiger charge is 2.93. The van der Waals surface area contributed by atoms with Crippen molar-refractivity contribution in [3.8, 4) is 5.75 Å². The first-order valence-electron chi connectivity index (χ1n) is 11.0. The quantitative estimate of drug-likeness (QED) is 0.777. The summed E-state index contributed by atoms with van der Waals surface area (Å²) in [5, 5.41) is 9.78. The maximum absolute atomic E-state index is 11.9. The minimum atomic E-state index is -0.624. The van der Waals surface area contributed by atoms with Crippen LogP contribution < -0.4 is 4.74 Å². The summed E-state index contributed by atoms with van der Waals surface area (Å²) >= 11 is 0. The van der Waals surface area contributed by atoms with Gasteiger partial charge in [-0.1, -0.05) is 19.9 Å². The van der Waals surface area contributed by atoms with E-state index in [4.69, 9.17) is 9.47 Å². The average molecular weight is 383 g/mol. The van der Waals surface area contributed by atoms with E-state index in [2.05, 4.69) is 25.1 Å². The highest BCUT2D eigenvalue weighted by molar-refractivity contribution is 5.70. The molecule has 4 aliphatic carbocycles. The molecular weight excluding hydrogens is 352 g/mol. The fraction of sp³-hybridized carbons (Fsp3) is 0.708. The van der Waals surface area contributed by atoms with Gasteiger partial charge in [0.25, 0.3) is 0 Å². The van der Waals surface area contributed by atoms with Crippen molar-refractivity contribution in [2.24, 2.45) is 28.6 Å². The molecule has 28 heavy (non-hydrogen) atoms. The summed E-state index contributed by atoms with van der Waals surface area (Å²) in [6.45, 7) is 4.25. The second kappa shape index (κ2) is 4.95. The van der Waals surface area contributed by atoms with Gasteiger partial charge >= 0.3 is 5.97 Å². The van der Waals surface area contributed by atoms with E-state index in [9.17, 15) is 9.90 Å². The molecule has 150 valence electrons. The first-order valence-corrected chi connectivity index (χ1v) is 11.0. The summed E-state index contributed by atoms with van der Waals surface area (Å²) < 4.78 is 12.4. The van der Waals surface area contributed by atoms with Crippen LogP contribution in [0, 0.1) is 28.6 Å². The second-order valence-electron chi connectivity index (χ2n) is 10.1. The van der Waals surface area contributed by atoms with E-state index in [-0.39, 0.29) is 27.9 Å². The Kier molecular flexibility index (Phi) is 3.06. The lowest BCUT2D eigenvalue weighted by molar-refractivity contribution is -0.147. The van der Waals surface area contributed by atoms with Gasteiger partial charge in [0.1, 0.15) is 17.0 Å². The van der Waals surface area contributed by atoms with Crippen molar-refractivity contribution >= 4 is 5.97 Å². The van der Waals surface area contributed by atoms with Crippen LogP contribution >= 0.6 is 0 Å². The molecule has 0 aromatic heterocycles. The number of fused-ring (bicyclic) bond motifs is 1. The van der Waals surface area contributed by atoms with E-state index in [1.165, 1.54) is 17.5 Å². The molecule has 1 saturated heterocycles. The van der Waals surface area contributed by atoms with Crippen LogP contribution in [0.4, 0.5) is 0 Å². The van der Waals surface area contributed by atoms with Crippen molar-refractivity contribution in [3.63, 3.8) is 0 Å². The number of ether oxygens (including phenoxy) is 2. The van der Waals surface area contributed by atoms with Crippen molar-refractivity contribution in [1.82, 2.24) is 0 Å². The number of rotatable bonds is 4. The van der Waals surface area contributed by atoms with Crippen molar-refractivity contribution in [2.45, 2.75) is 70.0 Å². The Morgan fingerprint density at radius 2 is 2.18 bits per heavy atom. The van der Waals surface area contributed by atoms with E-state index in [0.717, 1.165) is 44.3 Å². The number of hydrogen-bond donors (Lipinski definition) is 1. The predicted molar refractivity (Wildman–Crippen MR) is 104 cm³/mol. The third-order valence-electron chi connectivity index (χ3n) is 9.96. The maximum atomic E-state index is 11.9. The van der Waals surface area contributed by atoms with Crippen molar-refractivity contribution < 1.29 is 19.4 Å². The molecule has 3 saturated carbocycles. The Balaban J connectivity index is 1.46. The van der Waals surface area contributed by atoms with E-state index < -0.39 is 5.97 Å². The fourth-order valence-corrected chi connectivity index (χ4v) is 8.87. The number of aryl methyl sites for hydroxylation is 1. The third kappa shape index (κ3) is 1.54. The molecule has 4 heteroatoms. The molecule has 1 spiro atoms. The number of carbonyl (C=O) groups is 1.